The molecule has 3 nitrogen and oxygen atoms in total. The fourth-order valence-electron chi connectivity index (χ4n) is 1.52. The molecule has 0 aliphatic rings. The first-order chi connectivity index (χ1) is 9.06. The van der Waals surface area contributed by atoms with Gasteiger partial charge in [0.25, 0.3) is 0 Å². The van der Waals surface area contributed by atoms with Crippen LogP contribution in [0.1, 0.15) is 0 Å². The number of nitrogens with two attached hydrogens (primary N) is 1. The summed E-state index contributed by atoms with van der Waals surface area (Å²) in [5.41, 5.74) is 7.57. The van der Waals surface area contributed by atoms with Crippen LogP contribution in [0.4, 0.5) is 25.8 Å². The van der Waals surface area contributed by atoms with Crippen molar-refractivity contribution < 1.29 is 13.5 Å². The number of para-hydroxylation sites is 1. The summed E-state index contributed by atoms with van der Waals surface area (Å²) in [4.78, 5) is 0. The molecule has 19 heavy (non-hydrogen) atoms. The standard InChI is InChI=1S/C13H11ClF2N2O/c14-10-2-1-3-11(12(10)17)18-8-4-6-9(7-5-8)19-13(15)16/h1-7,13,18H,17H2. The third-order valence-corrected chi connectivity index (χ3v) is 2.74. The van der Waals surface area contributed by atoms with Gasteiger partial charge in [-0.2, -0.15) is 8.78 Å². The van der Waals surface area contributed by atoms with Crippen LogP contribution >= 0.6 is 11.6 Å². The Morgan fingerprint density at radius 2 is 1.79 bits per heavy atom. The van der Waals surface area contributed by atoms with Crippen molar-refractivity contribution in [1.29, 1.82) is 0 Å². The molecule has 3 N–H and O–H groups in total. The number of hydrogen-bond acceptors (Lipinski definition) is 3. The molecule has 2 aromatic carbocycles. The summed E-state index contributed by atoms with van der Waals surface area (Å²) in [6.45, 7) is -2.83. The number of ether oxygens (including phenoxy) is 1. The van der Waals surface area contributed by atoms with Crippen molar-refractivity contribution in [3.05, 3.63) is 47.5 Å². The van der Waals surface area contributed by atoms with Crippen molar-refractivity contribution in [3.8, 4) is 5.75 Å². The van der Waals surface area contributed by atoms with Crippen molar-refractivity contribution in [2.75, 3.05) is 11.1 Å². The van der Waals surface area contributed by atoms with E-state index < -0.39 is 6.61 Å². The van der Waals surface area contributed by atoms with E-state index in [1.165, 1.54) is 12.1 Å². The smallest absolute Gasteiger partial charge is 0.387 e. The zero-order valence-corrected chi connectivity index (χ0v) is 10.5. The molecule has 0 aliphatic heterocycles. The van der Waals surface area contributed by atoms with Gasteiger partial charge in [-0.1, -0.05) is 17.7 Å². The lowest BCUT2D eigenvalue weighted by Gasteiger charge is -2.11. The van der Waals surface area contributed by atoms with E-state index in [0.717, 1.165) is 0 Å². The highest BCUT2D eigenvalue weighted by atomic mass is 35.5. The molecule has 0 fully saturated rings. The molecule has 2 rings (SSSR count). The SMILES string of the molecule is Nc1c(Cl)cccc1Nc1ccc(OC(F)F)cc1. The van der Waals surface area contributed by atoms with Gasteiger partial charge < -0.3 is 15.8 Å². The second-order valence-corrected chi connectivity index (χ2v) is 4.14. The molecule has 0 spiro atoms. The molecule has 100 valence electrons. The largest absolute Gasteiger partial charge is 0.435 e. The average molecular weight is 285 g/mol. The van der Waals surface area contributed by atoms with Crippen molar-refractivity contribution in [2.45, 2.75) is 6.61 Å². The number of halogens is 3. The van der Waals surface area contributed by atoms with Crippen molar-refractivity contribution in [1.82, 2.24) is 0 Å². The van der Waals surface area contributed by atoms with E-state index in [1.54, 1.807) is 30.3 Å². The van der Waals surface area contributed by atoms with Crippen LogP contribution in [-0.2, 0) is 0 Å². The molecule has 0 saturated carbocycles. The Bertz CT molecular complexity index is 561. The zero-order valence-electron chi connectivity index (χ0n) is 9.74. The van der Waals surface area contributed by atoms with Crippen LogP contribution in [0.15, 0.2) is 42.5 Å². The number of alkyl halides is 2. The molecule has 0 amide bonds. The summed E-state index contributed by atoms with van der Waals surface area (Å²) in [6, 6.07) is 11.3. The fourth-order valence-corrected chi connectivity index (χ4v) is 1.70. The van der Waals surface area contributed by atoms with Crippen molar-refractivity contribution >= 4 is 28.7 Å². The Balaban J connectivity index is 2.13. The Kier molecular flexibility index (Phi) is 4.06. The number of nitrogen functional groups attached to an aromatic ring is 1. The van der Waals surface area contributed by atoms with E-state index in [1.807, 2.05) is 0 Å². The summed E-state index contributed by atoms with van der Waals surface area (Å²) in [5.74, 6) is 0.0969. The first-order valence-corrected chi connectivity index (χ1v) is 5.80. The number of hydrogen-bond donors (Lipinski definition) is 2. The second-order valence-electron chi connectivity index (χ2n) is 3.73. The third kappa shape index (κ3) is 3.48. The highest BCUT2D eigenvalue weighted by Crippen LogP contribution is 2.30. The van der Waals surface area contributed by atoms with Crippen LogP contribution in [0.2, 0.25) is 5.02 Å². The zero-order chi connectivity index (χ0) is 13.8. The maximum atomic E-state index is 12.0. The molecule has 0 aliphatic carbocycles. The maximum Gasteiger partial charge on any atom is 0.387 e. The molecule has 0 radical (unpaired) electrons. The fraction of sp³-hybridized carbons (Fsp3) is 0.0769. The van der Waals surface area contributed by atoms with Crippen molar-refractivity contribution in [2.24, 2.45) is 0 Å². The van der Waals surface area contributed by atoms with Crippen LogP contribution in [0, 0.1) is 0 Å². The monoisotopic (exact) mass is 284 g/mol. The van der Waals surface area contributed by atoms with Gasteiger partial charge in [-0.3, -0.25) is 0 Å². The number of benzene rings is 2. The number of nitrogens with one attached hydrogen (secondary N) is 1. The summed E-state index contributed by atoms with van der Waals surface area (Å²) >= 11 is 5.89. The molecular formula is C13H11ClF2N2O. The first-order valence-electron chi connectivity index (χ1n) is 5.42. The average Bonchev–Trinajstić information content (AvgIpc) is 2.37. The van der Waals surface area contributed by atoms with Crippen LogP contribution in [0.25, 0.3) is 0 Å². The second kappa shape index (κ2) is 5.75. The van der Waals surface area contributed by atoms with E-state index in [2.05, 4.69) is 10.1 Å². The van der Waals surface area contributed by atoms with Gasteiger partial charge in [-0.05, 0) is 36.4 Å². The quantitative estimate of drug-likeness (QED) is 0.824. The van der Waals surface area contributed by atoms with E-state index >= 15 is 0 Å². The summed E-state index contributed by atoms with van der Waals surface area (Å²) in [5, 5.41) is 3.49. The predicted octanol–water partition coefficient (Wildman–Crippen LogP) is 4.27. The molecule has 0 heterocycles. The van der Waals surface area contributed by atoms with Gasteiger partial charge in [0.05, 0.1) is 16.4 Å². The Morgan fingerprint density at radius 3 is 2.42 bits per heavy atom. The molecular weight excluding hydrogens is 274 g/mol. The van der Waals surface area contributed by atoms with E-state index in [0.29, 0.717) is 22.1 Å². The molecule has 2 aromatic rings. The van der Waals surface area contributed by atoms with Gasteiger partial charge in [0, 0.05) is 5.69 Å². The van der Waals surface area contributed by atoms with Crippen LogP contribution in [-0.4, -0.2) is 6.61 Å². The highest BCUT2D eigenvalue weighted by molar-refractivity contribution is 6.33. The lowest BCUT2D eigenvalue weighted by molar-refractivity contribution is -0.0498. The Hall–Kier alpha value is -2.01. The molecule has 0 unspecified atom stereocenters. The number of rotatable bonds is 4. The lowest BCUT2D eigenvalue weighted by atomic mass is 10.2. The van der Waals surface area contributed by atoms with Gasteiger partial charge in [0.15, 0.2) is 0 Å². The van der Waals surface area contributed by atoms with Gasteiger partial charge in [-0.15, -0.1) is 0 Å². The summed E-state index contributed by atoms with van der Waals surface area (Å²) in [7, 11) is 0. The Morgan fingerprint density at radius 1 is 1.11 bits per heavy atom. The molecule has 0 atom stereocenters. The van der Waals surface area contributed by atoms with Crippen LogP contribution < -0.4 is 15.8 Å². The third-order valence-electron chi connectivity index (χ3n) is 2.41. The minimum atomic E-state index is -2.83. The molecule has 0 aromatic heterocycles. The maximum absolute atomic E-state index is 12.0. The van der Waals surface area contributed by atoms with Crippen LogP contribution in [0.3, 0.4) is 0 Å². The minimum absolute atomic E-state index is 0.0969. The van der Waals surface area contributed by atoms with E-state index in [4.69, 9.17) is 17.3 Å². The van der Waals surface area contributed by atoms with Gasteiger partial charge in [0.2, 0.25) is 0 Å². The summed E-state index contributed by atoms with van der Waals surface area (Å²) in [6.07, 6.45) is 0. The first kappa shape index (κ1) is 13.4. The molecule has 6 heteroatoms. The lowest BCUT2D eigenvalue weighted by Crippen LogP contribution is -2.02. The molecule has 0 saturated heterocycles. The Labute approximate surface area is 113 Å². The van der Waals surface area contributed by atoms with Crippen LogP contribution in [0.5, 0.6) is 5.75 Å². The van der Waals surface area contributed by atoms with Gasteiger partial charge in [-0.25, -0.2) is 0 Å². The van der Waals surface area contributed by atoms with Gasteiger partial charge in [0.1, 0.15) is 5.75 Å². The minimum Gasteiger partial charge on any atom is -0.435 e. The number of anilines is 3. The van der Waals surface area contributed by atoms with E-state index in [-0.39, 0.29) is 5.75 Å². The van der Waals surface area contributed by atoms with E-state index in [9.17, 15) is 8.78 Å². The molecule has 0 bridgehead atoms. The normalized spacial score (nSPS) is 10.5. The van der Waals surface area contributed by atoms with Crippen molar-refractivity contribution in [3.63, 3.8) is 0 Å². The topological polar surface area (TPSA) is 47.3 Å². The predicted molar refractivity (Wildman–Crippen MR) is 72.2 cm³/mol. The summed E-state index contributed by atoms with van der Waals surface area (Å²) < 4.78 is 28.2. The highest BCUT2D eigenvalue weighted by Gasteiger charge is 2.05. The van der Waals surface area contributed by atoms with Gasteiger partial charge >= 0.3 is 6.61 Å².